The second-order valence-electron chi connectivity index (χ2n) is 5.79. The number of aliphatic hydroxyl groups excluding tert-OH is 1. The summed E-state index contributed by atoms with van der Waals surface area (Å²) in [6.45, 7) is 1.34. The third-order valence-corrected chi connectivity index (χ3v) is 4.14. The SMILES string of the molecule is CC(=O)c1ccc2ncc(C(O)c3c(F)cc4ncccc4c3F)n2n1. The zero-order valence-corrected chi connectivity index (χ0v) is 13.5. The summed E-state index contributed by atoms with van der Waals surface area (Å²) in [7, 11) is 0. The highest BCUT2D eigenvalue weighted by Crippen LogP contribution is 2.31. The quantitative estimate of drug-likeness (QED) is 0.572. The number of Topliss-reactive ketones (excluding diaryl/α,β-unsaturated/α-hetero) is 1. The number of aliphatic hydroxyl groups is 1. The molecule has 0 radical (unpaired) electrons. The Morgan fingerprint density at radius 3 is 2.81 bits per heavy atom. The number of pyridine rings is 1. The number of benzene rings is 1. The number of rotatable bonds is 3. The lowest BCUT2D eigenvalue weighted by Crippen LogP contribution is -2.12. The van der Waals surface area contributed by atoms with Gasteiger partial charge in [-0.15, -0.1) is 0 Å². The number of carbonyl (C=O) groups excluding carboxylic acids is 1. The van der Waals surface area contributed by atoms with Gasteiger partial charge in [-0.1, -0.05) is 0 Å². The highest BCUT2D eigenvalue weighted by molar-refractivity contribution is 5.92. The summed E-state index contributed by atoms with van der Waals surface area (Å²) in [5, 5.41) is 14.8. The van der Waals surface area contributed by atoms with E-state index in [1.807, 2.05) is 0 Å². The largest absolute Gasteiger partial charge is 0.382 e. The first-order chi connectivity index (χ1) is 12.5. The number of hydrogen-bond donors (Lipinski definition) is 1. The van der Waals surface area contributed by atoms with Crippen molar-refractivity contribution in [2.24, 2.45) is 0 Å². The van der Waals surface area contributed by atoms with Gasteiger partial charge in [-0.05, 0) is 24.3 Å². The molecule has 0 fully saturated rings. The van der Waals surface area contributed by atoms with Crippen LogP contribution in [0.4, 0.5) is 8.78 Å². The number of ketones is 1. The predicted molar refractivity (Wildman–Crippen MR) is 88.7 cm³/mol. The third kappa shape index (κ3) is 2.42. The summed E-state index contributed by atoms with van der Waals surface area (Å²) in [5.41, 5.74) is 0.153. The molecule has 3 aromatic heterocycles. The monoisotopic (exact) mass is 354 g/mol. The number of fused-ring (bicyclic) bond motifs is 2. The Bertz CT molecular complexity index is 1170. The van der Waals surface area contributed by atoms with Crippen LogP contribution < -0.4 is 0 Å². The lowest BCUT2D eigenvalue weighted by molar-refractivity contribution is 0.101. The molecule has 1 atom stereocenters. The van der Waals surface area contributed by atoms with Gasteiger partial charge in [-0.2, -0.15) is 5.10 Å². The molecule has 26 heavy (non-hydrogen) atoms. The van der Waals surface area contributed by atoms with Crippen molar-refractivity contribution in [2.45, 2.75) is 13.0 Å². The lowest BCUT2D eigenvalue weighted by atomic mass is 10.0. The molecule has 0 aliphatic rings. The number of carbonyl (C=O) groups is 1. The second kappa shape index (κ2) is 5.92. The van der Waals surface area contributed by atoms with Crippen LogP contribution in [0, 0.1) is 11.6 Å². The maximum absolute atomic E-state index is 14.8. The molecule has 0 aliphatic carbocycles. The van der Waals surface area contributed by atoms with E-state index in [-0.39, 0.29) is 28.1 Å². The Morgan fingerprint density at radius 2 is 2.04 bits per heavy atom. The number of aromatic nitrogens is 4. The molecule has 130 valence electrons. The summed E-state index contributed by atoms with van der Waals surface area (Å²) in [4.78, 5) is 19.5. The average molecular weight is 354 g/mol. The minimum absolute atomic E-state index is 0.0455. The van der Waals surface area contributed by atoms with Crippen molar-refractivity contribution in [1.29, 1.82) is 0 Å². The van der Waals surface area contributed by atoms with Gasteiger partial charge < -0.3 is 5.11 Å². The summed E-state index contributed by atoms with van der Waals surface area (Å²) >= 11 is 0. The van der Waals surface area contributed by atoms with E-state index in [2.05, 4.69) is 15.1 Å². The molecule has 0 saturated heterocycles. The predicted octanol–water partition coefficient (Wildman–Crippen LogP) is 2.84. The standard InChI is InChI=1S/C18H12F2N4O2/c1-9(25)12-4-5-15-22-8-14(24(15)23-12)18(26)16-11(19)7-13-10(17(16)20)3-2-6-21-13/h2-8,18,26H,1H3. The molecule has 0 aliphatic heterocycles. The van der Waals surface area contributed by atoms with Crippen molar-refractivity contribution in [3.63, 3.8) is 0 Å². The fourth-order valence-corrected chi connectivity index (χ4v) is 2.83. The van der Waals surface area contributed by atoms with Gasteiger partial charge in [0.05, 0.1) is 23.0 Å². The molecule has 8 heteroatoms. The minimum atomic E-state index is -1.66. The first kappa shape index (κ1) is 16.2. The fraction of sp³-hybridized carbons (Fsp3) is 0.111. The maximum Gasteiger partial charge on any atom is 0.179 e. The lowest BCUT2D eigenvalue weighted by Gasteiger charge is -2.14. The van der Waals surface area contributed by atoms with Crippen molar-refractivity contribution in [2.75, 3.05) is 0 Å². The third-order valence-electron chi connectivity index (χ3n) is 4.14. The van der Waals surface area contributed by atoms with Crippen molar-refractivity contribution < 1.29 is 18.7 Å². The van der Waals surface area contributed by atoms with Crippen molar-refractivity contribution >= 4 is 22.3 Å². The van der Waals surface area contributed by atoms with Gasteiger partial charge in [0.25, 0.3) is 0 Å². The molecule has 0 bridgehead atoms. The summed E-state index contributed by atoms with van der Waals surface area (Å²) in [6, 6.07) is 7.07. The van der Waals surface area contributed by atoms with Crippen LogP contribution in [0.15, 0.2) is 42.7 Å². The van der Waals surface area contributed by atoms with E-state index in [4.69, 9.17) is 0 Å². The molecule has 0 spiro atoms. The van der Waals surface area contributed by atoms with Crippen molar-refractivity contribution in [1.82, 2.24) is 19.6 Å². The summed E-state index contributed by atoms with van der Waals surface area (Å²) in [5.74, 6) is -2.12. The summed E-state index contributed by atoms with van der Waals surface area (Å²) < 4.78 is 30.5. The normalized spacial score (nSPS) is 12.6. The Kier molecular flexibility index (Phi) is 3.69. The van der Waals surface area contributed by atoms with Gasteiger partial charge in [0.1, 0.15) is 23.4 Å². The van der Waals surface area contributed by atoms with E-state index in [1.54, 1.807) is 0 Å². The Morgan fingerprint density at radius 1 is 1.23 bits per heavy atom. The van der Waals surface area contributed by atoms with Gasteiger partial charge in [-0.25, -0.2) is 18.3 Å². The molecular weight excluding hydrogens is 342 g/mol. The van der Waals surface area contributed by atoms with E-state index in [0.29, 0.717) is 5.65 Å². The molecule has 0 amide bonds. The van der Waals surface area contributed by atoms with E-state index in [9.17, 15) is 18.7 Å². The number of imidazole rings is 1. The van der Waals surface area contributed by atoms with Gasteiger partial charge >= 0.3 is 0 Å². The van der Waals surface area contributed by atoms with Gasteiger partial charge in [0.2, 0.25) is 0 Å². The fourth-order valence-electron chi connectivity index (χ4n) is 2.83. The van der Waals surface area contributed by atoms with Crippen molar-refractivity contribution in [3.8, 4) is 0 Å². The van der Waals surface area contributed by atoms with Gasteiger partial charge in [-0.3, -0.25) is 9.78 Å². The molecule has 1 N–H and O–H groups in total. The topological polar surface area (TPSA) is 80.4 Å². The molecule has 3 heterocycles. The molecule has 6 nitrogen and oxygen atoms in total. The summed E-state index contributed by atoms with van der Waals surface area (Å²) in [6.07, 6.45) is 1.03. The first-order valence-electron chi connectivity index (χ1n) is 7.73. The van der Waals surface area contributed by atoms with Crippen LogP contribution in [-0.4, -0.2) is 30.5 Å². The second-order valence-corrected chi connectivity index (χ2v) is 5.79. The highest BCUT2D eigenvalue weighted by Gasteiger charge is 2.25. The van der Waals surface area contributed by atoms with Crippen LogP contribution in [0.1, 0.15) is 34.8 Å². The van der Waals surface area contributed by atoms with E-state index in [1.165, 1.54) is 48.1 Å². The molecule has 4 rings (SSSR count). The molecule has 1 aromatic carbocycles. The van der Waals surface area contributed by atoms with Crippen LogP contribution >= 0.6 is 0 Å². The van der Waals surface area contributed by atoms with Crippen molar-refractivity contribution in [3.05, 3.63) is 71.3 Å². The van der Waals surface area contributed by atoms with Crippen LogP contribution in [0.2, 0.25) is 0 Å². The zero-order chi connectivity index (χ0) is 18.4. The smallest absolute Gasteiger partial charge is 0.179 e. The molecule has 4 aromatic rings. The Labute approximate surface area is 145 Å². The van der Waals surface area contributed by atoms with Gasteiger partial charge in [0, 0.05) is 24.6 Å². The molecule has 0 saturated carbocycles. The van der Waals surface area contributed by atoms with Gasteiger partial charge in [0.15, 0.2) is 11.4 Å². The van der Waals surface area contributed by atoms with Crippen LogP contribution in [0.25, 0.3) is 16.6 Å². The molecular formula is C18H12F2N4O2. The minimum Gasteiger partial charge on any atom is -0.382 e. The van der Waals surface area contributed by atoms with E-state index in [0.717, 1.165) is 6.07 Å². The highest BCUT2D eigenvalue weighted by atomic mass is 19.1. The first-order valence-corrected chi connectivity index (χ1v) is 7.73. The van der Waals surface area contributed by atoms with Crippen LogP contribution in [0.5, 0.6) is 0 Å². The zero-order valence-electron chi connectivity index (χ0n) is 13.5. The van der Waals surface area contributed by atoms with E-state index < -0.39 is 23.3 Å². The number of hydrogen-bond acceptors (Lipinski definition) is 5. The van der Waals surface area contributed by atoms with E-state index >= 15 is 0 Å². The maximum atomic E-state index is 14.8. The van der Waals surface area contributed by atoms with Crippen LogP contribution in [-0.2, 0) is 0 Å². The molecule has 1 unspecified atom stereocenters. The van der Waals surface area contributed by atoms with Crippen LogP contribution in [0.3, 0.4) is 0 Å². The Hall–Kier alpha value is -3.26. The average Bonchev–Trinajstić information content (AvgIpc) is 3.04. The number of halogens is 2. The number of nitrogens with zero attached hydrogens (tertiary/aromatic N) is 4. The Balaban J connectivity index is 1.92.